The van der Waals surface area contributed by atoms with Gasteiger partial charge in [0.05, 0.1) is 0 Å². The molecule has 0 amide bonds. The topological polar surface area (TPSA) is 17.0 Å². The molecule has 0 radical (unpaired) electrons. The Labute approximate surface area is 105 Å². The van der Waals surface area contributed by atoms with E-state index in [2.05, 4.69) is 42.3 Å². The van der Waals surface area contributed by atoms with Crippen LogP contribution in [0.15, 0.2) is 18.5 Å². The Morgan fingerprint density at radius 2 is 2.12 bits per heavy atom. The molecule has 1 heterocycles. The first-order chi connectivity index (χ1) is 8.29. The normalized spacial score (nSPS) is 19.4. The Morgan fingerprint density at radius 3 is 2.71 bits per heavy atom. The third kappa shape index (κ3) is 3.60. The molecule has 1 atom stereocenters. The molecule has 1 saturated carbocycles. The highest BCUT2D eigenvalue weighted by Gasteiger charge is 2.21. The van der Waals surface area contributed by atoms with Crippen molar-refractivity contribution in [3.63, 3.8) is 0 Å². The van der Waals surface area contributed by atoms with E-state index in [4.69, 9.17) is 0 Å². The maximum absolute atomic E-state index is 3.76. The number of nitrogens with zero attached hydrogens (tertiary/aromatic N) is 1. The summed E-state index contributed by atoms with van der Waals surface area (Å²) >= 11 is 0. The van der Waals surface area contributed by atoms with E-state index in [9.17, 15) is 0 Å². The number of nitrogens with one attached hydrogen (secondary N) is 1. The summed E-state index contributed by atoms with van der Waals surface area (Å²) in [5.74, 6) is 0.914. The van der Waals surface area contributed by atoms with Crippen LogP contribution >= 0.6 is 0 Å². The summed E-state index contributed by atoms with van der Waals surface area (Å²) < 4.78 is 2.12. The maximum Gasteiger partial charge on any atom is 0.0223 e. The molecule has 0 spiro atoms. The molecule has 1 unspecified atom stereocenters. The van der Waals surface area contributed by atoms with Gasteiger partial charge in [0.2, 0.25) is 0 Å². The van der Waals surface area contributed by atoms with E-state index in [0.717, 1.165) is 18.5 Å². The molecule has 1 N–H and O–H groups in total. The van der Waals surface area contributed by atoms with Crippen molar-refractivity contribution in [2.75, 3.05) is 0 Å². The minimum absolute atomic E-state index is 0.718. The van der Waals surface area contributed by atoms with Gasteiger partial charge in [0.15, 0.2) is 0 Å². The monoisotopic (exact) mass is 234 g/mol. The Morgan fingerprint density at radius 1 is 1.35 bits per heavy atom. The van der Waals surface area contributed by atoms with Crippen LogP contribution in [0.4, 0.5) is 0 Å². The number of hydrogen-bond donors (Lipinski definition) is 1. The fraction of sp³-hybridized carbons (Fsp3) is 0.733. The van der Waals surface area contributed by atoms with E-state index >= 15 is 0 Å². The lowest BCUT2D eigenvalue weighted by Gasteiger charge is -2.30. The quantitative estimate of drug-likeness (QED) is 0.825. The van der Waals surface area contributed by atoms with Gasteiger partial charge in [-0.05, 0) is 36.8 Å². The second-order valence-corrected chi connectivity index (χ2v) is 5.48. The smallest absolute Gasteiger partial charge is 0.0223 e. The molecular formula is C15H26N2. The molecule has 0 bridgehead atoms. The van der Waals surface area contributed by atoms with Crippen LogP contribution in [0.3, 0.4) is 0 Å². The van der Waals surface area contributed by atoms with Crippen molar-refractivity contribution in [3.05, 3.63) is 24.0 Å². The molecule has 2 nitrogen and oxygen atoms in total. The minimum atomic E-state index is 0.718. The first-order valence-electron chi connectivity index (χ1n) is 7.14. The van der Waals surface area contributed by atoms with E-state index in [0.29, 0.717) is 0 Å². The Kier molecular flexibility index (Phi) is 4.66. The van der Waals surface area contributed by atoms with E-state index in [-0.39, 0.29) is 0 Å². The van der Waals surface area contributed by atoms with Gasteiger partial charge in [-0.15, -0.1) is 0 Å². The van der Waals surface area contributed by atoms with Crippen molar-refractivity contribution in [3.8, 4) is 0 Å². The predicted octanol–water partition coefficient (Wildman–Crippen LogP) is 3.47. The van der Waals surface area contributed by atoms with E-state index < -0.39 is 0 Å². The summed E-state index contributed by atoms with van der Waals surface area (Å²) in [5, 5.41) is 3.76. The molecule has 1 aromatic rings. The van der Waals surface area contributed by atoms with Crippen LogP contribution in [0.5, 0.6) is 0 Å². The molecule has 2 heteroatoms. The number of rotatable bonds is 5. The molecule has 1 fully saturated rings. The van der Waals surface area contributed by atoms with Gasteiger partial charge in [-0.2, -0.15) is 0 Å². The molecular weight excluding hydrogens is 208 g/mol. The molecule has 96 valence electrons. The zero-order valence-electron chi connectivity index (χ0n) is 11.3. The van der Waals surface area contributed by atoms with Gasteiger partial charge in [0.1, 0.15) is 0 Å². The second-order valence-electron chi connectivity index (χ2n) is 5.48. The third-order valence-corrected chi connectivity index (χ3v) is 4.12. The van der Waals surface area contributed by atoms with E-state index in [1.165, 1.54) is 44.1 Å². The molecule has 1 aliphatic carbocycles. The van der Waals surface area contributed by atoms with Gasteiger partial charge in [-0.1, -0.05) is 26.2 Å². The first kappa shape index (κ1) is 12.7. The standard InChI is InChI=1S/C15H26N2/c1-3-15(14-7-5-4-6-8-14)16-11-13-9-10-17(2)12-13/h9-10,12,14-16H,3-8,11H2,1-2H3. The van der Waals surface area contributed by atoms with Crippen LogP contribution in [0, 0.1) is 5.92 Å². The van der Waals surface area contributed by atoms with Gasteiger partial charge in [0.25, 0.3) is 0 Å². The predicted molar refractivity (Wildman–Crippen MR) is 72.9 cm³/mol. The van der Waals surface area contributed by atoms with Crippen molar-refractivity contribution in [1.29, 1.82) is 0 Å². The van der Waals surface area contributed by atoms with Crippen molar-refractivity contribution in [2.24, 2.45) is 13.0 Å². The molecule has 0 aliphatic heterocycles. The van der Waals surface area contributed by atoms with Gasteiger partial charge >= 0.3 is 0 Å². The molecule has 0 saturated heterocycles. The average Bonchev–Trinajstić information content (AvgIpc) is 2.77. The van der Waals surface area contributed by atoms with Crippen molar-refractivity contribution in [2.45, 2.75) is 58.0 Å². The highest BCUT2D eigenvalue weighted by atomic mass is 14.9. The van der Waals surface area contributed by atoms with Crippen LogP contribution < -0.4 is 5.32 Å². The molecule has 1 aliphatic rings. The zero-order valence-corrected chi connectivity index (χ0v) is 11.3. The molecule has 17 heavy (non-hydrogen) atoms. The molecule has 0 aromatic carbocycles. The summed E-state index contributed by atoms with van der Waals surface area (Å²) in [5.41, 5.74) is 1.40. The summed E-state index contributed by atoms with van der Waals surface area (Å²) in [7, 11) is 2.09. The largest absolute Gasteiger partial charge is 0.357 e. The fourth-order valence-corrected chi connectivity index (χ4v) is 3.10. The Balaban J connectivity index is 1.82. The zero-order chi connectivity index (χ0) is 12.1. The van der Waals surface area contributed by atoms with E-state index in [1.54, 1.807) is 0 Å². The van der Waals surface area contributed by atoms with Crippen LogP contribution in [0.1, 0.15) is 51.0 Å². The average molecular weight is 234 g/mol. The molecule has 1 aromatic heterocycles. The SMILES string of the molecule is CCC(NCc1ccn(C)c1)C1CCCCC1. The van der Waals surface area contributed by atoms with Gasteiger partial charge < -0.3 is 9.88 Å². The van der Waals surface area contributed by atoms with Crippen LogP contribution in [0.2, 0.25) is 0 Å². The second kappa shape index (κ2) is 6.25. The minimum Gasteiger partial charge on any atom is -0.357 e. The number of aromatic nitrogens is 1. The van der Waals surface area contributed by atoms with Crippen LogP contribution in [-0.4, -0.2) is 10.6 Å². The Bertz CT molecular complexity index is 323. The van der Waals surface area contributed by atoms with Crippen molar-refractivity contribution >= 4 is 0 Å². The summed E-state index contributed by atoms with van der Waals surface area (Å²) in [6, 6.07) is 2.93. The van der Waals surface area contributed by atoms with Gasteiger partial charge in [-0.25, -0.2) is 0 Å². The fourth-order valence-electron chi connectivity index (χ4n) is 3.10. The summed E-state index contributed by atoms with van der Waals surface area (Å²) in [6.45, 7) is 3.34. The third-order valence-electron chi connectivity index (χ3n) is 4.12. The molecule has 2 rings (SSSR count). The number of hydrogen-bond acceptors (Lipinski definition) is 1. The number of aryl methyl sites for hydroxylation is 1. The maximum atomic E-state index is 3.76. The highest BCUT2D eigenvalue weighted by molar-refractivity contribution is 5.09. The van der Waals surface area contributed by atoms with Crippen LogP contribution in [0.25, 0.3) is 0 Å². The van der Waals surface area contributed by atoms with Crippen molar-refractivity contribution < 1.29 is 0 Å². The van der Waals surface area contributed by atoms with Crippen LogP contribution in [-0.2, 0) is 13.6 Å². The van der Waals surface area contributed by atoms with E-state index in [1.807, 2.05) is 0 Å². The van der Waals surface area contributed by atoms with Crippen molar-refractivity contribution in [1.82, 2.24) is 9.88 Å². The summed E-state index contributed by atoms with van der Waals surface area (Å²) in [6.07, 6.45) is 12.8. The van der Waals surface area contributed by atoms with Gasteiger partial charge in [-0.3, -0.25) is 0 Å². The lowest BCUT2D eigenvalue weighted by molar-refractivity contribution is 0.262. The first-order valence-corrected chi connectivity index (χ1v) is 7.14. The Hall–Kier alpha value is -0.760. The summed E-state index contributed by atoms with van der Waals surface area (Å²) in [4.78, 5) is 0. The highest BCUT2D eigenvalue weighted by Crippen LogP contribution is 2.27. The lowest BCUT2D eigenvalue weighted by Crippen LogP contribution is -2.36. The van der Waals surface area contributed by atoms with Gasteiger partial charge in [0, 0.05) is 32.0 Å². The lowest BCUT2D eigenvalue weighted by atomic mass is 9.83.